The van der Waals surface area contributed by atoms with Crippen molar-refractivity contribution < 1.29 is 18.7 Å². The number of nitrogens with zero attached hydrogens (tertiary/aromatic N) is 1. The van der Waals surface area contributed by atoms with Crippen molar-refractivity contribution in [2.24, 2.45) is 0 Å². The van der Waals surface area contributed by atoms with Gasteiger partial charge in [0.25, 0.3) is 0 Å². The molecule has 1 aromatic carbocycles. The van der Waals surface area contributed by atoms with Crippen molar-refractivity contribution in [2.75, 3.05) is 19.7 Å². The van der Waals surface area contributed by atoms with Gasteiger partial charge in [0.1, 0.15) is 5.82 Å². The second-order valence-electron chi connectivity index (χ2n) is 4.21. The number of carbonyl (C=O) groups excluding carboxylic acids is 2. The quantitative estimate of drug-likeness (QED) is 0.867. The minimum Gasteiger partial charge on any atom is -0.450 e. The number of ether oxygens (including phenoxy) is 1. The normalized spacial score (nSPS) is 9.95. The van der Waals surface area contributed by atoms with Crippen molar-refractivity contribution in [1.29, 1.82) is 0 Å². The largest absolute Gasteiger partial charge is 0.450 e. The van der Waals surface area contributed by atoms with Crippen molar-refractivity contribution in [1.82, 2.24) is 10.2 Å². The van der Waals surface area contributed by atoms with E-state index in [1.54, 1.807) is 24.0 Å². The molecule has 0 saturated carbocycles. The summed E-state index contributed by atoms with van der Waals surface area (Å²) in [5.41, 5.74) is 0.831. The van der Waals surface area contributed by atoms with E-state index in [0.717, 1.165) is 5.56 Å². The Hall–Kier alpha value is -2.11. The van der Waals surface area contributed by atoms with Crippen molar-refractivity contribution in [3.63, 3.8) is 0 Å². The van der Waals surface area contributed by atoms with Crippen LogP contribution < -0.4 is 5.32 Å². The van der Waals surface area contributed by atoms with Gasteiger partial charge < -0.3 is 15.0 Å². The van der Waals surface area contributed by atoms with Gasteiger partial charge in [-0.05, 0) is 24.6 Å². The van der Waals surface area contributed by atoms with E-state index in [4.69, 9.17) is 4.74 Å². The van der Waals surface area contributed by atoms with E-state index in [1.165, 1.54) is 19.1 Å². The number of hydrogen-bond acceptors (Lipinski definition) is 3. The van der Waals surface area contributed by atoms with Crippen LogP contribution in [0.25, 0.3) is 0 Å². The van der Waals surface area contributed by atoms with Crippen LogP contribution in [-0.2, 0) is 16.1 Å². The fraction of sp³-hybridized carbons (Fsp3) is 0.429. The summed E-state index contributed by atoms with van der Waals surface area (Å²) in [7, 11) is 0. The third kappa shape index (κ3) is 5.69. The highest BCUT2D eigenvalue weighted by Crippen LogP contribution is 2.06. The molecule has 2 amide bonds. The summed E-state index contributed by atoms with van der Waals surface area (Å²) in [6.45, 7) is 4.52. The Morgan fingerprint density at radius 2 is 1.95 bits per heavy atom. The molecule has 20 heavy (non-hydrogen) atoms. The molecule has 5 nitrogen and oxygen atoms in total. The zero-order valence-corrected chi connectivity index (χ0v) is 11.7. The van der Waals surface area contributed by atoms with E-state index in [9.17, 15) is 14.0 Å². The lowest BCUT2D eigenvalue weighted by Crippen LogP contribution is -2.37. The number of hydrogen-bond donors (Lipinski definition) is 1. The first-order valence-corrected chi connectivity index (χ1v) is 6.43. The molecule has 0 bridgehead atoms. The van der Waals surface area contributed by atoms with Crippen molar-refractivity contribution in [3.05, 3.63) is 35.6 Å². The van der Waals surface area contributed by atoms with E-state index < -0.39 is 6.09 Å². The van der Waals surface area contributed by atoms with Crippen LogP contribution in [0.1, 0.15) is 19.4 Å². The summed E-state index contributed by atoms with van der Waals surface area (Å²) in [6, 6.07) is 5.96. The number of rotatable bonds is 6. The average molecular weight is 282 g/mol. The van der Waals surface area contributed by atoms with E-state index >= 15 is 0 Å². The van der Waals surface area contributed by atoms with Gasteiger partial charge >= 0.3 is 6.09 Å². The lowest BCUT2D eigenvalue weighted by molar-refractivity contribution is -0.129. The van der Waals surface area contributed by atoms with Gasteiger partial charge in [0.15, 0.2) is 0 Å². The molecular weight excluding hydrogens is 263 g/mol. The minimum absolute atomic E-state index is 0.111. The van der Waals surface area contributed by atoms with Crippen LogP contribution in [0.2, 0.25) is 0 Å². The van der Waals surface area contributed by atoms with Gasteiger partial charge in [0.05, 0.1) is 6.61 Å². The van der Waals surface area contributed by atoms with Crippen LogP contribution in [-0.4, -0.2) is 36.6 Å². The van der Waals surface area contributed by atoms with Gasteiger partial charge in [-0.2, -0.15) is 0 Å². The summed E-state index contributed by atoms with van der Waals surface area (Å²) < 4.78 is 17.5. The smallest absolute Gasteiger partial charge is 0.407 e. The monoisotopic (exact) mass is 282 g/mol. The second kappa shape index (κ2) is 8.14. The lowest BCUT2D eigenvalue weighted by Gasteiger charge is -2.21. The molecule has 0 atom stereocenters. The van der Waals surface area contributed by atoms with E-state index in [-0.39, 0.29) is 11.7 Å². The van der Waals surface area contributed by atoms with Gasteiger partial charge in [-0.25, -0.2) is 9.18 Å². The Morgan fingerprint density at radius 3 is 2.50 bits per heavy atom. The average Bonchev–Trinajstić information content (AvgIpc) is 2.40. The fourth-order valence-corrected chi connectivity index (χ4v) is 1.63. The molecule has 0 spiro atoms. The van der Waals surface area contributed by atoms with Crippen LogP contribution >= 0.6 is 0 Å². The highest BCUT2D eigenvalue weighted by atomic mass is 19.1. The minimum atomic E-state index is -0.502. The standard InChI is InChI=1S/C14H19FN2O3/c1-3-20-14(19)16-8-9-17(11(2)18)10-12-4-6-13(15)7-5-12/h4-7H,3,8-10H2,1-2H3,(H,16,19). The number of benzene rings is 1. The van der Waals surface area contributed by atoms with Crippen LogP contribution in [0.3, 0.4) is 0 Å². The highest BCUT2D eigenvalue weighted by molar-refractivity contribution is 5.73. The first kappa shape index (κ1) is 15.9. The van der Waals surface area contributed by atoms with E-state index in [2.05, 4.69) is 5.32 Å². The van der Waals surface area contributed by atoms with Crippen LogP contribution in [0.15, 0.2) is 24.3 Å². The zero-order valence-electron chi connectivity index (χ0n) is 11.7. The summed E-state index contributed by atoms with van der Waals surface area (Å²) in [6.07, 6.45) is -0.502. The first-order chi connectivity index (χ1) is 9.52. The van der Waals surface area contributed by atoms with Crippen LogP contribution in [0.4, 0.5) is 9.18 Å². The summed E-state index contributed by atoms with van der Waals surface area (Å²) >= 11 is 0. The predicted octanol–water partition coefficient (Wildman–Crippen LogP) is 1.92. The fourth-order valence-electron chi connectivity index (χ4n) is 1.63. The number of alkyl carbamates (subject to hydrolysis) is 1. The number of nitrogens with one attached hydrogen (secondary N) is 1. The van der Waals surface area contributed by atoms with Gasteiger partial charge in [-0.15, -0.1) is 0 Å². The zero-order chi connectivity index (χ0) is 15.0. The molecule has 110 valence electrons. The Bertz CT molecular complexity index is 448. The van der Waals surface area contributed by atoms with Crippen molar-refractivity contribution in [3.8, 4) is 0 Å². The van der Waals surface area contributed by atoms with Crippen molar-refractivity contribution in [2.45, 2.75) is 20.4 Å². The van der Waals surface area contributed by atoms with Gasteiger partial charge in [0.2, 0.25) is 5.91 Å². The Morgan fingerprint density at radius 1 is 1.30 bits per heavy atom. The van der Waals surface area contributed by atoms with Gasteiger partial charge in [-0.1, -0.05) is 12.1 Å². The second-order valence-corrected chi connectivity index (χ2v) is 4.21. The summed E-state index contributed by atoms with van der Waals surface area (Å²) in [4.78, 5) is 24.2. The summed E-state index contributed by atoms with van der Waals surface area (Å²) in [5.74, 6) is -0.424. The topological polar surface area (TPSA) is 58.6 Å². The molecule has 0 radical (unpaired) electrons. The molecular formula is C14H19FN2O3. The molecule has 1 N–H and O–H groups in total. The molecule has 6 heteroatoms. The Kier molecular flexibility index (Phi) is 6.49. The maximum atomic E-state index is 12.8. The molecule has 1 rings (SSSR count). The molecule has 1 aromatic rings. The number of amides is 2. The van der Waals surface area contributed by atoms with Gasteiger partial charge in [0, 0.05) is 26.6 Å². The molecule has 0 aliphatic rings. The number of carbonyl (C=O) groups is 2. The molecule has 0 aromatic heterocycles. The molecule has 0 fully saturated rings. The predicted molar refractivity (Wildman–Crippen MR) is 72.5 cm³/mol. The van der Waals surface area contributed by atoms with E-state index in [1.807, 2.05) is 0 Å². The molecule has 0 heterocycles. The number of halogens is 1. The van der Waals surface area contributed by atoms with E-state index in [0.29, 0.717) is 26.2 Å². The third-order valence-corrected chi connectivity index (χ3v) is 2.66. The summed E-state index contributed by atoms with van der Waals surface area (Å²) in [5, 5.41) is 2.55. The molecule has 0 aliphatic heterocycles. The highest BCUT2D eigenvalue weighted by Gasteiger charge is 2.10. The maximum absolute atomic E-state index is 12.8. The van der Waals surface area contributed by atoms with Crippen LogP contribution in [0.5, 0.6) is 0 Å². The molecule has 0 unspecified atom stereocenters. The lowest BCUT2D eigenvalue weighted by atomic mass is 10.2. The SMILES string of the molecule is CCOC(=O)NCCN(Cc1ccc(F)cc1)C(C)=O. The Labute approximate surface area is 117 Å². The van der Waals surface area contributed by atoms with Crippen LogP contribution in [0, 0.1) is 5.82 Å². The molecule has 0 aliphatic carbocycles. The molecule has 0 saturated heterocycles. The van der Waals surface area contributed by atoms with Gasteiger partial charge in [-0.3, -0.25) is 4.79 Å². The first-order valence-electron chi connectivity index (χ1n) is 6.43. The van der Waals surface area contributed by atoms with Crippen molar-refractivity contribution >= 4 is 12.0 Å². The Balaban J connectivity index is 2.46. The third-order valence-electron chi connectivity index (χ3n) is 2.66. The maximum Gasteiger partial charge on any atom is 0.407 e.